The molecule has 124 valence electrons. The summed E-state index contributed by atoms with van der Waals surface area (Å²) in [5.74, 6) is 2.68. The molecule has 0 amide bonds. The number of carbonyl (C=O) groups excluding carboxylic acids is 1. The smallest absolute Gasteiger partial charge is 0.250 e. The standard InChI is InChI=1S/C19H32O2Si/c1-13-12-15(8-10-17(13)20)16-9-11-18(14(16)2)21-22(6,7)19(3,4)5/h12,15-16H,8-11H2,1-7H3/t15-,16-/m1/s1. The van der Waals surface area contributed by atoms with Crippen LogP contribution in [0.1, 0.15) is 60.3 Å². The molecule has 2 atom stereocenters. The molecule has 0 spiro atoms. The molecular weight excluding hydrogens is 288 g/mol. The Morgan fingerprint density at radius 2 is 1.77 bits per heavy atom. The molecule has 2 nitrogen and oxygen atoms in total. The Balaban J connectivity index is 2.16. The average molecular weight is 321 g/mol. The molecule has 0 aromatic rings. The van der Waals surface area contributed by atoms with Crippen molar-refractivity contribution in [2.75, 3.05) is 0 Å². The van der Waals surface area contributed by atoms with Crippen LogP contribution < -0.4 is 0 Å². The van der Waals surface area contributed by atoms with E-state index in [2.05, 4.69) is 46.9 Å². The van der Waals surface area contributed by atoms with Gasteiger partial charge in [0.2, 0.25) is 8.32 Å². The first-order valence-electron chi connectivity index (χ1n) is 8.63. The van der Waals surface area contributed by atoms with Crippen LogP contribution in [-0.4, -0.2) is 14.1 Å². The average Bonchev–Trinajstić information content (AvgIpc) is 2.73. The summed E-state index contributed by atoms with van der Waals surface area (Å²) in [6.45, 7) is 15.7. The Hall–Kier alpha value is -0.833. The number of rotatable bonds is 3. The molecule has 0 heterocycles. The molecule has 3 heteroatoms. The maximum Gasteiger partial charge on any atom is 0.250 e. The quantitative estimate of drug-likeness (QED) is 0.631. The zero-order valence-electron chi connectivity index (χ0n) is 15.4. The normalized spacial score (nSPS) is 27.2. The summed E-state index contributed by atoms with van der Waals surface area (Å²) in [5.41, 5.74) is 2.40. The minimum Gasteiger partial charge on any atom is -0.547 e. The lowest BCUT2D eigenvalue weighted by Crippen LogP contribution is -2.40. The van der Waals surface area contributed by atoms with Crippen molar-refractivity contribution in [3.8, 4) is 0 Å². The molecule has 22 heavy (non-hydrogen) atoms. The lowest BCUT2D eigenvalue weighted by atomic mass is 9.79. The van der Waals surface area contributed by atoms with Crippen molar-refractivity contribution in [2.24, 2.45) is 11.8 Å². The van der Waals surface area contributed by atoms with Crippen LogP contribution in [0.25, 0.3) is 0 Å². The SMILES string of the molecule is CC1=C[C@H]([C@@H]2CCC(O[Si](C)(C)C(C)(C)C)=C2C)CCC1=O. The van der Waals surface area contributed by atoms with Gasteiger partial charge >= 0.3 is 0 Å². The highest BCUT2D eigenvalue weighted by Crippen LogP contribution is 2.45. The van der Waals surface area contributed by atoms with Crippen LogP contribution in [-0.2, 0) is 9.22 Å². The molecule has 0 radical (unpaired) electrons. The zero-order valence-corrected chi connectivity index (χ0v) is 16.4. The van der Waals surface area contributed by atoms with Crippen molar-refractivity contribution < 1.29 is 9.22 Å². The number of Topliss-reactive ketones (excluding diaryl/α,β-unsaturated/α-hetero) is 1. The molecule has 2 aliphatic carbocycles. The van der Waals surface area contributed by atoms with E-state index >= 15 is 0 Å². The molecular formula is C19H32O2Si. The van der Waals surface area contributed by atoms with Gasteiger partial charge in [0.25, 0.3) is 0 Å². The Bertz CT molecular complexity index is 520. The van der Waals surface area contributed by atoms with Crippen LogP contribution in [0.4, 0.5) is 0 Å². The van der Waals surface area contributed by atoms with E-state index in [1.54, 1.807) is 0 Å². The van der Waals surface area contributed by atoms with Gasteiger partial charge in [-0.2, -0.15) is 0 Å². The van der Waals surface area contributed by atoms with Crippen LogP contribution in [0.5, 0.6) is 0 Å². The van der Waals surface area contributed by atoms with Crippen molar-refractivity contribution in [2.45, 2.75) is 78.4 Å². The van der Waals surface area contributed by atoms with Gasteiger partial charge in [0.05, 0.1) is 5.76 Å². The minimum atomic E-state index is -1.74. The van der Waals surface area contributed by atoms with E-state index in [1.165, 1.54) is 17.8 Å². The largest absolute Gasteiger partial charge is 0.547 e. The van der Waals surface area contributed by atoms with E-state index in [0.717, 1.165) is 24.8 Å². The second kappa shape index (κ2) is 5.99. The Labute approximate surface area is 137 Å². The molecule has 2 aliphatic rings. The lowest BCUT2D eigenvalue weighted by molar-refractivity contribution is -0.116. The fourth-order valence-electron chi connectivity index (χ4n) is 3.34. The first-order valence-corrected chi connectivity index (χ1v) is 11.5. The van der Waals surface area contributed by atoms with Gasteiger partial charge in [-0.15, -0.1) is 0 Å². The molecule has 0 saturated heterocycles. The molecule has 0 aromatic carbocycles. The zero-order chi connectivity index (χ0) is 16.7. The fourth-order valence-corrected chi connectivity index (χ4v) is 4.53. The number of carbonyl (C=O) groups is 1. The Morgan fingerprint density at radius 1 is 1.14 bits per heavy atom. The molecule has 0 aliphatic heterocycles. The minimum absolute atomic E-state index is 0.242. The van der Waals surface area contributed by atoms with Gasteiger partial charge in [-0.1, -0.05) is 26.8 Å². The summed E-state index contributed by atoms with van der Waals surface area (Å²) in [7, 11) is -1.74. The summed E-state index contributed by atoms with van der Waals surface area (Å²) in [6.07, 6.45) is 6.19. The molecule has 0 bridgehead atoms. The maximum atomic E-state index is 11.7. The van der Waals surface area contributed by atoms with Gasteiger partial charge in [-0.05, 0) is 67.8 Å². The Morgan fingerprint density at radius 3 is 2.32 bits per heavy atom. The van der Waals surface area contributed by atoms with Crippen LogP contribution in [0.15, 0.2) is 23.0 Å². The first kappa shape index (κ1) is 17.5. The van der Waals surface area contributed by atoms with Crippen LogP contribution in [0.2, 0.25) is 18.1 Å². The van der Waals surface area contributed by atoms with E-state index in [-0.39, 0.29) is 5.04 Å². The van der Waals surface area contributed by atoms with E-state index < -0.39 is 8.32 Å². The number of ketones is 1. The van der Waals surface area contributed by atoms with Gasteiger partial charge in [-0.3, -0.25) is 4.79 Å². The molecule has 2 rings (SSSR count). The van der Waals surface area contributed by atoms with Crippen molar-refractivity contribution in [1.82, 2.24) is 0 Å². The Kier molecular flexibility index (Phi) is 4.77. The van der Waals surface area contributed by atoms with Gasteiger partial charge in [0.1, 0.15) is 0 Å². The highest BCUT2D eigenvalue weighted by molar-refractivity contribution is 6.74. The third-order valence-corrected chi connectivity index (χ3v) is 10.4. The summed E-state index contributed by atoms with van der Waals surface area (Å²) in [6, 6.07) is 0. The summed E-state index contributed by atoms with van der Waals surface area (Å²) in [4.78, 5) is 11.7. The molecule has 0 aromatic heterocycles. The molecule has 0 fully saturated rings. The number of allylic oxidation sites excluding steroid dienone is 4. The van der Waals surface area contributed by atoms with Gasteiger partial charge in [-0.25, -0.2) is 0 Å². The van der Waals surface area contributed by atoms with Crippen molar-refractivity contribution in [1.29, 1.82) is 0 Å². The van der Waals surface area contributed by atoms with Crippen LogP contribution in [0.3, 0.4) is 0 Å². The summed E-state index contributed by atoms with van der Waals surface area (Å²) >= 11 is 0. The molecule has 0 unspecified atom stereocenters. The number of hydrogen-bond acceptors (Lipinski definition) is 2. The van der Waals surface area contributed by atoms with Crippen molar-refractivity contribution in [3.05, 3.63) is 23.0 Å². The fraction of sp³-hybridized carbons (Fsp3) is 0.737. The lowest BCUT2D eigenvalue weighted by Gasteiger charge is -2.37. The third-order valence-electron chi connectivity index (χ3n) is 5.99. The van der Waals surface area contributed by atoms with Crippen LogP contribution in [0, 0.1) is 11.8 Å². The second-order valence-electron chi connectivity index (χ2n) is 8.59. The topological polar surface area (TPSA) is 26.3 Å². The van der Waals surface area contributed by atoms with Crippen molar-refractivity contribution in [3.63, 3.8) is 0 Å². The molecule has 0 saturated carbocycles. The second-order valence-corrected chi connectivity index (χ2v) is 13.3. The third kappa shape index (κ3) is 3.39. The summed E-state index contributed by atoms with van der Waals surface area (Å²) in [5, 5.41) is 0.242. The van der Waals surface area contributed by atoms with Gasteiger partial charge in [0, 0.05) is 12.8 Å². The summed E-state index contributed by atoms with van der Waals surface area (Å²) < 4.78 is 6.58. The highest BCUT2D eigenvalue weighted by Gasteiger charge is 2.41. The highest BCUT2D eigenvalue weighted by atomic mass is 28.4. The van der Waals surface area contributed by atoms with E-state index in [0.29, 0.717) is 17.6 Å². The number of hydrogen-bond donors (Lipinski definition) is 0. The van der Waals surface area contributed by atoms with E-state index in [1.807, 2.05) is 6.92 Å². The van der Waals surface area contributed by atoms with Gasteiger partial charge in [0.15, 0.2) is 5.78 Å². The van der Waals surface area contributed by atoms with Crippen LogP contribution >= 0.6 is 0 Å². The van der Waals surface area contributed by atoms with E-state index in [9.17, 15) is 4.79 Å². The van der Waals surface area contributed by atoms with Crippen molar-refractivity contribution >= 4 is 14.1 Å². The monoisotopic (exact) mass is 320 g/mol. The first-order chi connectivity index (χ1) is 10.0. The van der Waals surface area contributed by atoms with Gasteiger partial charge < -0.3 is 4.43 Å². The van der Waals surface area contributed by atoms with E-state index in [4.69, 9.17) is 4.43 Å². The predicted molar refractivity (Wildman–Crippen MR) is 95.2 cm³/mol. The predicted octanol–water partition coefficient (Wildman–Crippen LogP) is 5.62. The maximum absolute atomic E-state index is 11.7. The molecule has 0 N–H and O–H groups in total.